The molecule has 0 heterocycles. The van der Waals surface area contributed by atoms with Crippen LogP contribution < -0.4 is 14.8 Å². The summed E-state index contributed by atoms with van der Waals surface area (Å²) in [5, 5.41) is 3.83. The number of hydrogen-bond donors (Lipinski definition) is 1. The topological polar surface area (TPSA) is 56.8 Å². The smallest absolute Gasteiger partial charge is 0.254 e. The van der Waals surface area contributed by atoms with E-state index < -0.39 is 6.10 Å². The lowest BCUT2D eigenvalue weighted by Gasteiger charge is -2.34. The Kier molecular flexibility index (Phi) is 10.4. The van der Waals surface area contributed by atoms with Gasteiger partial charge in [0.05, 0.1) is 7.11 Å². The molecule has 0 spiro atoms. The van der Waals surface area contributed by atoms with E-state index in [4.69, 9.17) is 32.2 Å². The van der Waals surface area contributed by atoms with Crippen LogP contribution in [-0.2, 0) is 9.53 Å². The highest BCUT2D eigenvalue weighted by molar-refractivity contribution is 6.30. The standard InChI is InChI=1S/C29H32ClNO4/c1-4-6-9-19-34-26-17-14-22(20-27(26)33-3)24-10-7-8-11-25(24)31-29(32)28(35-18-5-2)21-12-15-23(30)16-13-21/h2,12-17,20,24-25,28H,4,7-8,10-11,18-19H2,1,3H3,(H,31,32). The van der Waals surface area contributed by atoms with Crippen LogP contribution in [0.25, 0.3) is 0 Å². The van der Waals surface area contributed by atoms with Crippen LogP contribution in [0.4, 0.5) is 0 Å². The van der Waals surface area contributed by atoms with Crippen molar-refractivity contribution < 1.29 is 19.0 Å². The first-order chi connectivity index (χ1) is 17.1. The van der Waals surface area contributed by atoms with Gasteiger partial charge in [-0.3, -0.25) is 4.79 Å². The van der Waals surface area contributed by atoms with Gasteiger partial charge in [0.15, 0.2) is 17.6 Å². The van der Waals surface area contributed by atoms with E-state index in [0.717, 1.165) is 37.7 Å². The molecule has 1 aliphatic rings. The Bertz CT molecular complexity index is 1080. The highest BCUT2D eigenvalue weighted by Gasteiger charge is 2.31. The van der Waals surface area contributed by atoms with Crippen LogP contribution >= 0.6 is 11.6 Å². The molecule has 6 heteroatoms. The number of amides is 1. The van der Waals surface area contributed by atoms with Gasteiger partial charge in [-0.05, 0) is 48.2 Å². The number of benzene rings is 2. The minimum Gasteiger partial charge on any atom is -0.493 e. The third-order valence-corrected chi connectivity index (χ3v) is 6.31. The number of rotatable bonds is 9. The van der Waals surface area contributed by atoms with Crippen molar-refractivity contribution in [2.24, 2.45) is 0 Å². The second kappa shape index (κ2) is 13.7. The largest absolute Gasteiger partial charge is 0.493 e. The van der Waals surface area contributed by atoms with Gasteiger partial charge in [-0.2, -0.15) is 0 Å². The maximum Gasteiger partial charge on any atom is 0.254 e. The molecular formula is C29H32ClNO4. The number of methoxy groups -OCH3 is 1. The SMILES string of the molecule is C#CCOC(C(=O)NC1CCCCC1c1ccc(OCC#CCC)c(OC)c1)c1ccc(Cl)cc1. The van der Waals surface area contributed by atoms with Crippen LogP contribution in [-0.4, -0.2) is 32.3 Å². The summed E-state index contributed by atoms with van der Waals surface area (Å²) in [7, 11) is 1.63. The molecule has 3 rings (SSSR count). The summed E-state index contributed by atoms with van der Waals surface area (Å²) in [6.07, 6.45) is 9.37. The quantitative estimate of drug-likeness (QED) is 0.457. The summed E-state index contributed by atoms with van der Waals surface area (Å²) < 4.78 is 17.1. The molecule has 1 amide bonds. The zero-order valence-corrected chi connectivity index (χ0v) is 21.1. The van der Waals surface area contributed by atoms with Gasteiger partial charge in [-0.25, -0.2) is 0 Å². The Labute approximate surface area is 213 Å². The molecule has 1 aliphatic carbocycles. The molecule has 1 saturated carbocycles. The maximum absolute atomic E-state index is 13.3. The van der Waals surface area contributed by atoms with E-state index in [1.807, 2.05) is 25.1 Å². The number of carbonyl (C=O) groups is 1. The molecule has 0 saturated heterocycles. The normalized spacial score (nSPS) is 17.9. The molecule has 0 aliphatic heterocycles. The molecule has 184 valence electrons. The van der Waals surface area contributed by atoms with Crippen LogP contribution in [0.5, 0.6) is 11.5 Å². The monoisotopic (exact) mass is 493 g/mol. The van der Waals surface area contributed by atoms with E-state index in [9.17, 15) is 4.79 Å². The average Bonchev–Trinajstić information content (AvgIpc) is 2.88. The van der Waals surface area contributed by atoms with Gasteiger partial charge < -0.3 is 19.5 Å². The lowest BCUT2D eigenvalue weighted by molar-refractivity contribution is -0.133. The number of hydrogen-bond acceptors (Lipinski definition) is 4. The van der Waals surface area contributed by atoms with Crippen LogP contribution in [0, 0.1) is 24.2 Å². The van der Waals surface area contributed by atoms with E-state index in [2.05, 4.69) is 23.1 Å². The molecule has 0 aromatic heterocycles. The van der Waals surface area contributed by atoms with E-state index >= 15 is 0 Å². The summed E-state index contributed by atoms with van der Waals surface area (Å²) in [5.74, 6) is 9.68. The molecule has 3 atom stereocenters. The average molecular weight is 494 g/mol. The van der Waals surface area contributed by atoms with Gasteiger partial charge in [-0.1, -0.05) is 61.4 Å². The second-order valence-electron chi connectivity index (χ2n) is 8.36. The van der Waals surface area contributed by atoms with Crippen LogP contribution in [0.3, 0.4) is 0 Å². The second-order valence-corrected chi connectivity index (χ2v) is 8.80. The number of terminal acetylenes is 1. The molecule has 1 fully saturated rings. The fraction of sp³-hybridized carbons (Fsp3) is 0.414. The van der Waals surface area contributed by atoms with E-state index in [0.29, 0.717) is 28.7 Å². The fourth-order valence-corrected chi connectivity index (χ4v) is 4.50. The molecule has 0 bridgehead atoms. The Hall–Kier alpha value is -3.12. The molecular weight excluding hydrogens is 462 g/mol. The van der Waals surface area contributed by atoms with Crippen LogP contribution in [0.2, 0.25) is 5.02 Å². The Balaban J connectivity index is 1.77. The van der Waals surface area contributed by atoms with Gasteiger partial charge in [0.2, 0.25) is 0 Å². The first-order valence-electron chi connectivity index (χ1n) is 11.9. The third-order valence-electron chi connectivity index (χ3n) is 6.06. The highest BCUT2D eigenvalue weighted by Crippen LogP contribution is 2.38. The Morgan fingerprint density at radius 1 is 1.11 bits per heavy atom. The van der Waals surface area contributed by atoms with Crippen molar-refractivity contribution in [3.63, 3.8) is 0 Å². The van der Waals surface area contributed by atoms with E-state index in [-0.39, 0.29) is 24.5 Å². The number of ether oxygens (including phenoxy) is 3. The van der Waals surface area contributed by atoms with Gasteiger partial charge in [0, 0.05) is 23.4 Å². The van der Waals surface area contributed by atoms with Gasteiger partial charge in [0.25, 0.3) is 5.91 Å². The molecule has 2 aromatic rings. The first kappa shape index (κ1) is 26.5. The van der Waals surface area contributed by atoms with Crippen molar-refractivity contribution in [3.05, 3.63) is 58.6 Å². The third kappa shape index (κ3) is 7.43. The molecule has 35 heavy (non-hydrogen) atoms. The van der Waals surface area contributed by atoms with E-state index in [1.54, 1.807) is 31.4 Å². The number of carbonyl (C=O) groups excluding carboxylic acids is 1. The zero-order valence-electron chi connectivity index (χ0n) is 20.3. The van der Waals surface area contributed by atoms with Crippen molar-refractivity contribution in [1.29, 1.82) is 0 Å². The predicted octanol–water partition coefficient (Wildman–Crippen LogP) is 5.67. The lowest BCUT2D eigenvalue weighted by atomic mass is 9.79. The zero-order chi connectivity index (χ0) is 25.0. The molecule has 2 aromatic carbocycles. The fourth-order valence-electron chi connectivity index (χ4n) is 4.38. The van der Waals surface area contributed by atoms with Crippen LogP contribution in [0.1, 0.15) is 62.2 Å². The number of halogens is 1. The Morgan fingerprint density at radius 2 is 1.89 bits per heavy atom. The maximum atomic E-state index is 13.3. The summed E-state index contributed by atoms with van der Waals surface area (Å²) in [6, 6.07) is 13.0. The first-order valence-corrected chi connectivity index (χ1v) is 12.3. The predicted molar refractivity (Wildman–Crippen MR) is 139 cm³/mol. The van der Waals surface area contributed by atoms with Crippen molar-refractivity contribution in [1.82, 2.24) is 5.32 Å². The summed E-state index contributed by atoms with van der Waals surface area (Å²) in [4.78, 5) is 13.3. The van der Waals surface area contributed by atoms with Crippen molar-refractivity contribution in [2.45, 2.75) is 57.1 Å². The molecule has 5 nitrogen and oxygen atoms in total. The minimum absolute atomic E-state index is 0.0348. The summed E-state index contributed by atoms with van der Waals surface area (Å²) >= 11 is 6.02. The van der Waals surface area contributed by atoms with Gasteiger partial charge >= 0.3 is 0 Å². The van der Waals surface area contributed by atoms with Gasteiger partial charge in [0.1, 0.15) is 13.2 Å². The van der Waals surface area contributed by atoms with Crippen LogP contribution in [0.15, 0.2) is 42.5 Å². The minimum atomic E-state index is -0.805. The lowest BCUT2D eigenvalue weighted by Crippen LogP contribution is -2.43. The van der Waals surface area contributed by atoms with Gasteiger partial charge in [-0.15, -0.1) is 12.3 Å². The molecule has 3 unspecified atom stereocenters. The summed E-state index contributed by atoms with van der Waals surface area (Å²) in [6.45, 7) is 2.35. The highest BCUT2D eigenvalue weighted by atomic mass is 35.5. The summed E-state index contributed by atoms with van der Waals surface area (Å²) in [5.41, 5.74) is 1.82. The Morgan fingerprint density at radius 3 is 2.60 bits per heavy atom. The molecule has 1 N–H and O–H groups in total. The van der Waals surface area contributed by atoms with Crippen molar-refractivity contribution in [2.75, 3.05) is 20.3 Å². The molecule has 0 radical (unpaired) electrons. The van der Waals surface area contributed by atoms with Crippen molar-refractivity contribution >= 4 is 17.5 Å². The van der Waals surface area contributed by atoms with Crippen molar-refractivity contribution in [3.8, 4) is 35.7 Å². The number of nitrogens with one attached hydrogen (secondary N) is 1. The van der Waals surface area contributed by atoms with E-state index in [1.165, 1.54) is 0 Å².